The monoisotopic (exact) mass is 246 g/mol. The first-order chi connectivity index (χ1) is 7.94. The molecule has 0 aromatic heterocycles. The number of hydrogen-bond donors (Lipinski definition) is 1. The van der Waals surface area contributed by atoms with Gasteiger partial charge < -0.3 is 24.1 Å². The minimum Gasteiger partial charge on any atom is -0.385 e. The summed E-state index contributed by atoms with van der Waals surface area (Å²) in [5.41, 5.74) is 0. The lowest BCUT2D eigenvalue weighted by Crippen LogP contribution is -2.51. The Morgan fingerprint density at radius 2 is 2.00 bits per heavy atom. The van der Waals surface area contributed by atoms with Crippen molar-refractivity contribution in [1.29, 1.82) is 0 Å². The highest BCUT2D eigenvalue weighted by Gasteiger charge is 2.58. The number of aliphatic hydroxyl groups excluding tert-OH is 1. The van der Waals surface area contributed by atoms with E-state index in [1.54, 1.807) is 0 Å². The smallest absolute Gasteiger partial charge is 0.197 e. The second-order valence-corrected chi connectivity index (χ2v) is 4.99. The molecule has 2 heterocycles. The molecule has 0 spiro atoms. The highest BCUT2D eigenvalue weighted by molar-refractivity contribution is 4.99. The maximum absolute atomic E-state index is 10.4. The van der Waals surface area contributed by atoms with Crippen molar-refractivity contribution < 1.29 is 24.1 Å². The summed E-state index contributed by atoms with van der Waals surface area (Å²) in [7, 11) is 0. The lowest BCUT2D eigenvalue weighted by molar-refractivity contribution is -0.303. The van der Waals surface area contributed by atoms with Gasteiger partial charge in [-0.25, -0.2) is 0 Å². The van der Waals surface area contributed by atoms with E-state index in [9.17, 15) is 5.11 Å². The summed E-state index contributed by atoms with van der Waals surface area (Å²) in [5.74, 6) is -1.63. The van der Waals surface area contributed by atoms with Crippen molar-refractivity contribution in [3.8, 4) is 0 Å². The summed E-state index contributed by atoms with van der Waals surface area (Å²) < 4.78 is 22.7. The molecule has 0 amide bonds. The normalized spacial score (nSPS) is 44.6. The Labute approximate surface area is 102 Å². The van der Waals surface area contributed by atoms with Crippen molar-refractivity contribution in [2.45, 2.75) is 64.0 Å². The first kappa shape index (κ1) is 13.2. The molecular formula is C12H22O5. The molecule has 5 heteroatoms. The van der Waals surface area contributed by atoms with Gasteiger partial charge in [0.1, 0.15) is 18.3 Å². The Hall–Kier alpha value is -0.200. The highest BCUT2D eigenvalue weighted by Crippen LogP contribution is 2.41. The van der Waals surface area contributed by atoms with Gasteiger partial charge in [0.05, 0.1) is 6.61 Å². The maximum atomic E-state index is 10.4. The topological polar surface area (TPSA) is 57.2 Å². The zero-order valence-electron chi connectivity index (χ0n) is 10.9. The van der Waals surface area contributed by atoms with Gasteiger partial charge in [-0.15, -0.1) is 0 Å². The van der Waals surface area contributed by atoms with Crippen LogP contribution in [0.1, 0.15) is 34.1 Å². The summed E-state index contributed by atoms with van der Waals surface area (Å²) in [4.78, 5) is 0. The molecule has 0 bridgehead atoms. The van der Waals surface area contributed by atoms with E-state index in [0.717, 1.165) is 0 Å². The molecule has 4 atom stereocenters. The predicted molar refractivity (Wildman–Crippen MR) is 60.4 cm³/mol. The molecule has 0 radical (unpaired) electrons. The van der Waals surface area contributed by atoms with Gasteiger partial charge in [0.15, 0.2) is 11.6 Å². The van der Waals surface area contributed by atoms with Crippen molar-refractivity contribution in [3.63, 3.8) is 0 Å². The lowest BCUT2D eigenvalue weighted by Gasteiger charge is -2.37. The molecule has 100 valence electrons. The lowest BCUT2D eigenvalue weighted by atomic mass is 10.0. The van der Waals surface area contributed by atoms with Crippen LogP contribution in [0, 0.1) is 0 Å². The molecule has 1 N–H and O–H groups in total. The SMILES string of the molecule is CCOC1(CC)OC2COC(C)(C)OC2C1O. The van der Waals surface area contributed by atoms with Gasteiger partial charge >= 0.3 is 0 Å². The van der Waals surface area contributed by atoms with Crippen LogP contribution >= 0.6 is 0 Å². The van der Waals surface area contributed by atoms with Gasteiger partial charge in [0.2, 0.25) is 0 Å². The van der Waals surface area contributed by atoms with Crippen molar-refractivity contribution in [2.75, 3.05) is 13.2 Å². The Kier molecular flexibility index (Phi) is 3.49. The van der Waals surface area contributed by atoms with E-state index in [-0.39, 0.29) is 12.2 Å². The van der Waals surface area contributed by atoms with E-state index in [4.69, 9.17) is 18.9 Å². The third-order valence-corrected chi connectivity index (χ3v) is 3.38. The first-order valence-electron chi connectivity index (χ1n) is 6.25. The van der Waals surface area contributed by atoms with Crippen LogP contribution in [0.3, 0.4) is 0 Å². The fourth-order valence-electron chi connectivity index (χ4n) is 2.52. The minimum absolute atomic E-state index is 0.260. The molecular weight excluding hydrogens is 224 g/mol. The molecule has 4 unspecified atom stereocenters. The van der Waals surface area contributed by atoms with E-state index >= 15 is 0 Å². The predicted octanol–water partition coefficient (Wildman–Crippen LogP) is 1.04. The van der Waals surface area contributed by atoms with Gasteiger partial charge in [-0.1, -0.05) is 6.92 Å². The molecule has 0 aliphatic carbocycles. The van der Waals surface area contributed by atoms with Crippen LogP contribution in [-0.2, 0) is 18.9 Å². The number of hydrogen-bond acceptors (Lipinski definition) is 5. The number of rotatable bonds is 3. The van der Waals surface area contributed by atoms with Crippen LogP contribution in [-0.4, -0.2) is 48.2 Å². The molecule has 2 aliphatic heterocycles. The van der Waals surface area contributed by atoms with E-state index in [1.165, 1.54) is 0 Å². The molecule has 2 saturated heterocycles. The maximum Gasteiger partial charge on any atom is 0.197 e. The fraction of sp³-hybridized carbons (Fsp3) is 1.00. The van der Waals surface area contributed by atoms with Crippen LogP contribution in [0.25, 0.3) is 0 Å². The fourth-order valence-corrected chi connectivity index (χ4v) is 2.52. The number of ether oxygens (including phenoxy) is 4. The zero-order valence-corrected chi connectivity index (χ0v) is 10.9. The van der Waals surface area contributed by atoms with Crippen LogP contribution in [0.2, 0.25) is 0 Å². The third kappa shape index (κ3) is 2.22. The first-order valence-corrected chi connectivity index (χ1v) is 6.25. The number of aliphatic hydroxyl groups is 1. The van der Waals surface area contributed by atoms with Gasteiger partial charge in [-0.05, 0) is 20.8 Å². The van der Waals surface area contributed by atoms with E-state index in [1.807, 2.05) is 27.7 Å². The molecule has 0 aromatic carbocycles. The van der Waals surface area contributed by atoms with Crippen molar-refractivity contribution in [1.82, 2.24) is 0 Å². The zero-order chi connectivity index (χ0) is 12.7. The van der Waals surface area contributed by atoms with Gasteiger partial charge in [0.25, 0.3) is 0 Å². The van der Waals surface area contributed by atoms with E-state index < -0.39 is 17.7 Å². The van der Waals surface area contributed by atoms with Gasteiger partial charge in [-0.2, -0.15) is 0 Å². The van der Waals surface area contributed by atoms with Crippen molar-refractivity contribution in [2.24, 2.45) is 0 Å². The molecule has 0 aromatic rings. The Balaban J connectivity index is 2.16. The van der Waals surface area contributed by atoms with E-state index in [2.05, 4.69) is 0 Å². The summed E-state index contributed by atoms with van der Waals surface area (Å²) in [6.07, 6.45) is -0.839. The molecule has 5 nitrogen and oxygen atoms in total. The van der Waals surface area contributed by atoms with Crippen LogP contribution < -0.4 is 0 Å². The molecule has 17 heavy (non-hydrogen) atoms. The second kappa shape index (κ2) is 4.48. The summed E-state index contributed by atoms with van der Waals surface area (Å²) in [6.45, 7) is 8.40. The quantitative estimate of drug-likeness (QED) is 0.806. The summed E-state index contributed by atoms with van der Waals surface area (Å²) in [6, 6.07) is 0. The van der Waals surface area contributed by atoms with Crippen molar-refractivity contribution in [3.05, 3.63) is 0 Å². The average Bonchev–Trinajstić information content (AvgIpc) is 2.53. The largest absolute Gasteiger partial charge is 0.385 e. The Morgan fingerprint density at radius 1 is 1.29 bits per heavy atom. The standard InChI is InChI=1S/C12H22O5/c1-5-12(14-6-2)10(13)9-8(16-12)7-15-11(3,4)17-9/h8-10,13H,5-7H2,1-4H3. The summed E-state index contributed by atoms with van der Waals surface area (Å²) in [5, 5.41) is 10.4. The van der Waals surface area contributed by atoms with Crippen molar-refractivity contribution >= 4 is 0 Å². The number of fused-ring (bicyclic) bond motifs is 1. The Morgan fingerprint density at radius 3 is 2.59 bits per heavy atom. The minimum atomic E-state index is -0.951. The second-order valence-electron chi connectivity index (χ2n) is 4.99. The van der Waals surface area contributed by atoms with Crippen LogP contribution in [0.5, 0.6) is 0 Å². The Bertz CT molecular complexity index is 280. The van der Waals surface area contributed by atoms with E-state index in [0.29, 0.717) is 19.6 Å². The summed E-state index contributed by atoms with van der Waals surface area (Å²) >= 11 is 0. The van der Waals surface area contributed by atoms with Gasteiger partial charge in [-0.3, -0.25) is 0 Å². The average molecular weight is 246 g/mol. The van der Waals surface area contributed by atoms with Gasteiger partial charge in [0, 0.05) is 13.0 Å². The molecule has 2 rings (SSSR count). The van der Waals surface area contributed by atoms with Crippen LogP contribution in [0.4, 0.5) is 0 Å². The van der Waals surface area contributed by atoms with Crippen LogP contribution in [0.15, 0.2) is 0 Å². The molecule has 2 fully saturated rings. The molecule has 2 aliphatic rings. The molecule has 0 saturated carbocycles. The highest BCUT2D eigenvalue weighted by atomic mass is 16.8. The third-order valence-electron chi connectivity index (χ3n) is 3.38.